The van der Waals surface area contributed by atoms with Crippen molar-refractivity contribution in [2.45, 2.75) is 19.5 Å². The molecule has 0 radical (unpaired) electrons. The molecule has 1 aromatic carbocycles. The SMILES string of the molecule is C[C@H](NCC(=O)NCc1cccnc1)c1ccc(F)c(F)c1. The van der Waals surface area contributed by atoms with Crippen LogP contribution in [0.25, 0.3) is 0 Å². The summed E-state index contributed by atoms with van der Waals surface area (Å²) in [5.41, 5.74) is 1.49. The fourth-order valence-electron chi connectivity index (χ4n) is 1.91. The predicted molar refractivity (Wildman–Crippen MR) is 78.9 cm³/mol. The van der Waals surface area contributed by atoms with Crippen LogP contribution in [0, 0.1) is 11.6 Å². The number of carbonyl (C=O) groups excluding carboxylic acids is 1. The van der Waals surface area contributed by atoms with Gasteiger partial charge >= 0.3 is 0 Å². The number of nitrogens with one attached hydrogen (secondary N) is 2. The van der Waals surface area contributed by atoms with Gasteiger partial charge in [-0.2, -0.15) is 0 Å². The van der Waals surface area contributed by atoms with E-state index in [1.807, 2.05) is 6.07 Å². The van der Waals surface area contributed by atoms with Crippen LogP contribution >= 0.6 is 0 Å². The lowest BCUT2D eigenvalue weighted by atomic mass is 10.1. The maximum Gasteiger partial charge on any atom is 0.234 e. The highest BCUT2D eigenvalue weighted by atomic mass is 19.2. The molecule has 0 aliphatic heterocycles. The molecule has 0 spiro atoms. The normalized spacial score (nSPS) is 12.0. The van der Waals surface area contributed by atoms with Crippen molar-refractivity contribution in [1.82, 2.24) is 15.6 Å². The van der Waals surface area contributed by atoms with Crippen LogP contribution in [0.1, 0.15) is 24.1 Å². The van der Waals surface area contributed by atoms with Crippen molar-refractivity contribution in [3.8, 4) is 0 Å². The van der Waals surface area contributed by atoms with Crippen molar-refractivity contribution in [1.29, 1.82) is 0 Å². The zero-order chi connectivity index (χ0) is 15.9. The number of nitrogens with zero attached hydrogens (tertiary/aromatic N) is 1. The fourth-order valence-corrected chi connectivity index (χ4v) is 1.91. The third-order valence-corrected chi connectivity index (χ3v) is 3.22. The van der Waals surface area contributed by atoms with Crippen molar-refractivity contribution in [3.05, 3.63) is 65.5 Å². The summed E-state index contributed by atoms with van der Waals surface area (Å²) in [6.45, 7) is 2.26. The number of hydrogen-bond donors (Lipinski definition) is 2. The maximum absolute atomic E-state index is 13.2. The smallest absolute Gasteiger partial charge is 0.234 e. The lowest BCUT2D eigenvalue weighted by Crippen LogP contribution is -2.34. The minimum Gasteiger partial charge on any atom is -0.351 e. The fraction of sp³-hybridized carbons (Fsp3) is 0.250. The second kappa shape index (κ2) is 7.61. The van der Waals surface area contributed by atoms with E-state index >= 15 is 0 Å². The van der Waals surface area contributed by atoms with Gasteiger partial charge in [0, 0.05) is 25.0 Å². The first-order valence-electron chi connectivity index (χ1n) is 6.90. The van der Waals surface area contributed by atoms with Crippen molar-refractivity contribution in [2.24, 2.45) is 0 Å². The van der Waals surface area contributed by atoms with E-state index in [4.69, 9.17) is 0 Å². The molecule has 1 aromatic heterocycles. The van der Waals surface area contributed by atoms with Gasteiger partial charge in [-0.05, 0) is 36.2 Å². The molecular formula is C16H17F2N3O. The van der Waals surface area contributed by atoms with Crippen molar-refractivity contribution >= 4 is 5.91 Å². The summed E-state index contributed by atoms with van der Waals surface area (Å²) in [5, 5.41) is 5.72. The Morgan fingerprint density at radius 3 is 2.77 bits per heavy atom. The quantitative estimate of drug-likeness (QED) is 0.861. The predicted octanol–water partition coefficient (Wildman–Crippen LogP) is 2.33. The van der Waals surface area contributed by atoms with E-state index in [0.717, 1.165) is 17.7 Å². The van der Waals surface area contributed by atoms with E-state index in [9.17, 15) is 13.6 Å². The van der Waals surface area contributed by atoms with Gasteiger partial charge in [0.1, 0.15) is 0 Å². The van der Waals surface area contributed by atoms with Crippen LogP contribution in [0.2, 0.25) is 0 Å². The number of aromatic nitrogens is 1. The summed E-state index contributed by atoms with van der Waals surface area (Å²) in [6, 6.07) is 7.09. The van der Waals surface area contributed by atoms with Gasteiger partial charge in [0.2, 0.25) is 5.91 Å². The van der Waals surface area contributed by atoms with Crippen molar-refractivity contribution < 1.29 is 13.6 Å². The van der Waals surface area contributed by atoms with Gasteiger partial charge in [0.15, 0.2) is 11.6 Å². The molecule has 0 saturated carbocycles. The molecule has 116 valence electrons. The van der Waals surface area contributed by atoms with Crippen LogP contribution in [0.15, 0.2) is 42.7 Å². The maximum atomic E-state index is 13.2. The Morgan fingerprint density at radius 2 is 2.09 bits per heavy atom. The Balaban J connectivity index is 1.79. The van der Waals surface area contributed by atoms with Crippen molar-refractivity contribution in [2.75, 3.05) is 6.54 Å². The summed E-state index contributed by atoms with van der Waals surface area (Å²) < 4.78 is 26.0. The van der Waals surface area contributed by atoms with Crippen molar-refractivity contribution in [3.63, 3.8) is 0 Å². The third kappa shape index (κ3) is 4.60. The van der Waals surface area contributed by atoms with E-state index in [1.165, 1.54) is 6.07 Å². The first kappa shape index (κ1) is 16.0. The third-order valence-electron chi connectivity index (χ3n) is 3.22. The average Bonchev–Trinajstić information content (AvgIpc) is 2.54. The monoisotopic (exact) mass is 305 g/mol. The lowest BCUT2D eigenvalue weighted by Gasteiger charge is -2.14. The Morgan fingerprint density at radius 1 is 1.27 bits per heavy atom. The number of hydrogen-bond acceptors (Lipinski definition) is 3. The molecule has 0 aliphatic carbocycles. The first-order chi connectivity index (χ1) is 10.6. The Kier molecular flexibility index (Phi) is 5.55. The van der Waals surface area contributed by atoms with Crippen LogP contribution in [0.4, 0.5) is 8.78 Å². The molecule has 2 rings (SSSR count). The number of pyridine rings is 1. The van der Waals surface area contributed by atoms with Gasteiger partial charge in [-0.15, -0.1) is 0 Å². The standard InChI is InChI=1S/C16H17F2N3O/c1-11(13-4-5-14(17)15(18)7-13)20-10-16(22)21-9-12-3-2-6-19-8-12/h2-8,11,20H,9-10H2,1H3,(H,21,22)/t11-/m0/s1. The number of rotatable bonds is 6. The second-order valence-corrected chi connectivity index (χ2v) is 4.91. The molecule has 4 nitrogen and oxygen atoms in total. The van der Waals surface area contributed by atoms with Crippen LogP contribution in [-0.4, -0.2) is 17.4 Å². The lowest BCUT2D eigenvalue weighted by molar-refractivity contribution is -0.120. The minimum absolute atomic E-state index is 0.0838. The van der Waals surface area contributed by atoms with Gasteiger partial charge in [0.25, 0.3) is 0 Å². The molecular weight excluding hydrogens is 288 g/mol. The molecule has 0 aliphatic rings. The first-order valence-corrected chi connectivity index (χ1v) is 6.90. The van der Waals surface area contributed by atoms with Crippen LogP contribution in [-0.2, 0) is 11.3 Å². The molecule has 1 amide bonds. The summed E-state index contributed by atoms with van der Waals surface area (Å²) in [5.74, 6) is -1.96. The number of benzene rings is 1. The van der Waals surface area contributed by atoms with E-state index < -0.39 is 11.6 Å². The second-order valence-electron chi connectivity index (χ2n) is 4.91. The molecule has 2 N–H and O–H groups in total. The summed E-state index contributed by atoms with van der Waals surface area (Å²) in [4.78, 5) is 15.7. The highest BCUT2D eigenvalue weighted by Gasteiger charge is 2.10. The summed E-state index contributed by atoms with van der Waals surface area (Å²) in [6.07, 6.45) is 3.34. The zero-order valence-corrected chi connectivity index (χ0v) is 12.1. The topological polar surface area (TPSA) is 54.0 Å². The molecule has 0 unspecified atom stereocenters. The van der Waals surface area contributed by atoms with Crippen LogP contribution in [0.5, 0.6) is 0 Å². The largest absolute Gasteiger partial charge is 0.351 e. The van der Waals surface area contributed by atoms with Gasteiger partial charge in [-0.1, -0.05) is 12.1 Å². The highest BCUT2D eigenvalue weighted by Crippen LogP contribution is 2.15. The number of halogens is 2. The molecule has 6 heteroatoms. The molecule has 0 bridgehead atoms. The van der Waals surface area contributed by atoms with Crippen LogP contribution < -0.4 is 10.6 Å². The number of amides is 1. The zero-order valence-electron chi connectivity index (χ0n) is 12.1. The van der Waals surface area contributed by atoms with Gasteiger partial charge in [0.05, 0.1) is 6.54 Å². The Bertz CT molecular complexity index is 635. The minimum atomic E-state index is -0.896. The van der Waals surface area contributed by atoms with E-state index in [0.29, 0.717) is 12.1 Å². The van der Waals surface area contributed by atoms with E-state index in [1.54, 1.807) is 25.4 Å². The molecule has 0 fully saturated rings. The van der Waals surface area contributed by atoms with E-state index in [2.05, 4.69) is 15.6 Å². The molecule has 22 heavy (non-hydrogen) atoms. The number of carbonyl (C=O) groups is 1. The Hall–Kier alpha value is -2.34. The van der Waals surface area contributed by atoms with Crippen LogP contribution in [0.3, 0.4) is 0 Å². The van der Waals surface area contributed by atoms with E-state index in [-0.39, 0.29) is 18.5 Å². The molecule has 1 heterocycles. The van der Waals surface area contributed by atoms with Gasteiger partial charge in [-0.25, -0.2) is 8.78 Å². The summed E-state index contributed by atoms with van der Waals surface area (Å²) >= 11 is 0. The average molecular weight is 305 g/mol. The summed E-state index contributed by atoms with van der Waals surface area (Å²) in [7, 11) is 0. The molecule has 0 saturated heterocycles. The van der Waals surface area contributed by atoms with Gasteiger partial charge in [-0.3, -0.25) is 9.78 Å². The highest BCUT2D eigenvalue weighted by molar-refractivity contribution is 5.78. The van der Waals surface area contributed by atoms with Gasteiger partial charge < -0.3 is 10.6 Å². The molecule has 1 atom stereocenters. The molecule has 2 aromatic rings. The Labute approximate surface area is 127 Å².